The van der Waals surface area contributed by atoms with Crippen molar-refractivity contribution in [2.45, 2.75) is 20.8 Å². The second kappa shape index (κ2) is 5.46. The first kappa shape index (κ1) is 14.3. The number of thiophene rings is 1. The van der Waals surface area contributed by atoms with E-state index in [0.717, 1.165) is 5.56 Å². The Morgan fingerprint density at radius 1 is 1.35 bits per heavy atom. The number of oxazole rings is 1. The molecular weight excluding hydrogens is 280 g/mol. The number of aryl methyl sites for hydroxylation is 3. The predicted molar refractivity (Wildman–Crippen MR) is 74.3 cm³/mol. The van der Waals surface area contributed by atoms with Crippen LogP contribution in [0, 0.1) is 20.8 Å². The van der Waals surface area contributed by atoms with E-state index < -0.39 is 11.9 Å². The average molecular weight is 294 g/mol. The van der Waals surface area contributed by atoms with Gasteiger partial charge in [-0.25, -0.2) is 9.78 Å². The first-order valence-corrected chi connectivity index (χ1v) is 6.73. The van der Waals surface area contributed by atoms with Gasteiger partial charge < -0.3 is 14.5 Å². The van der Waals surface area contributed by atoms with Crippen molar-refractivity contribution in [2.75, 3.05) is 12.4 Å². The van der Waals surface area contributed by atoms with Crippen LogP contribution >= 0.6 is 11.3 Å². The molecule has 7 heteroatoms. The van der Waals surface area contributed by atoms with Crippen LogP contribution in [-0.2, 0) is 4.74 Å². The summed E-state index contributed by atoms with van der Waals surface area (Å²) in [5.41, 5.74) is 1.74. The van der Waals surface area contributed by atoms with Crippen molar-refractivity contribution < 1.29 is 18.7 Å². The molecule has 6 nitrogen and oxygen atoms in total. The predicted octanol–water partition coefficient (Wildman–Crippen LogP) is 2.70. The van der Waals surface area contributed by atoms with E-state index in [-0.39, 0.29) is 5.76 Å². The molecule has 2 aromatic rings. The van der Waals surface area contributed by atoms with Crippen molar-refractivity contribution in [3.63, 3.8) is 0 Å². The van der Waals surface area contributed by atoms with E-state index in [0.29, 0.717) is 22.1 Å². The SMILES string of the molecule is COC(=O)c1scc(C)c1NC(=O)c1oc(C)nc1C. The van der Waals surface area contributed by atoms with Crippen LogP contribution in [-0.4, -0.2) is 24.0 Å². The van der Waals surface area contributed by atoms with Gasteiger partial charge in [0.15, 0.2) is 5.89 Å². The molecule has 2 rings (SSSR count). The Morgan fingerprint density at radius 3 is 2.60 bits per heavy atom. The van der Waals surface area contributed by atoms with E-state index in [9.17, 15) is 9.59 Å². The molecule has 0 saturated heterocycles. The summed E-state index contributed by atoms with van der Waals surface area (Å²) in [7, 11) is 1.30. The van der Waals surface area contributed by atoms with E-state index in [4.69, 9.17) is 4.42 Å². The molecule has 1 N–H and O–H groups in total. The Bertz CT molecular complexity index is 672. The molecular formula is C13H14N2O4S. The molecule has 0 bridgehead atoms. The summed E-state index contributed by atoms with van der Waals surface area (Å²) in [5, 5.41) is 4.46. The number of hydrogen-bond donors (Lipinski definition) is 1. The minimum absolute atomic E-state index is 0.143. The fourth-order valence-corrected chi connectivity index (χ4v) is 2.68. The van der Waals surface area contributed by atoms with E-state index in [2.05, 4.69) is 15.0 Å². The normalized spacial score (nSPS) is 10.4. The van der Waals surface area contributed by atoms with Gasteiger partial charge in [0, 0.05) is 6.92 Å². The van der Waals surface area contributed by atoms with Crippen molar-refractivity contribution in [1.29, 1.82) is 0 Å². The summed E-state index contributed by atoms with van der Waals surface area (Å²) < 4.78 is 9.95. The highest BCUT2D eigenvalue weighted by atomic mass is 32.1. The number of carbonyl (C=O) groups is 2. The number of methoxy groups -OCH3 is 1. The highest BCUT2D eigenvalue weighted by molar-refractivity contribution is 7.12. The Hall–Kier alpha value is -2.15. The Labute approximate surface area is 119 Å². The van der Waals surface area contributed by atoms with Crippen LogP contribution in [0.2, 0.25) is 0 Å². The summed E-state index contributed by atoms with van der Waals surface area (Å²) >= 11 is 1.22. The summed E-state index contributed by atoms with van der Waals surface area (Å²) in [6, 6.07) is 0. The van der Waals surface area contributed by atoms with Crippen LogP contribution in [0.25, 0.3) is 0 Å². The van der Waals surface area contributed by atoms with Crippen molar-refractivity contribution >= 4 is 28.9 Å². The molecule has 0 aliphatic heterocycles. The van der Waals surface area contributed by atoms with Crippen LogP contribution in [0.3, 0.4) is 0 Å². The number of carbonyl (C=O) groups excluding carboxylic acids is 2. The summed E-state index contributed by atoms with van der Waals surface area (Å²) in [6.07, 6.45) is 0. The number of rotatable bonds is 3. The maximum Gasteiger partial charge on any atom is 0.350 e. The maximum absolute atomic E-state index is 12.2. The molecule has 0 fully saturated rings. The topological polar surface area (TPSA) is 81.4 Å². The van der Waals surface area contributed by atoms with Gasteiger partial charge in [-0.1, -0.05) is 0 Å². The third-order valence-electron chi connectivity index (χ3n) is 2.69. The zero-order valence-electron chi connectivity index (χ0n) is 11.6. The number of nitrogens with zero attached hydrogens (tertiary/aromatic N) is 1. The van der Waals surface area contributed by atoms with Gasteiger partial charge in [-0.2, -0.15) is 0 Å². The lowest BCUT2D eigenvalue weighted by Gasteiger charge is -2.05. The van der Waals surface area contributed by atoms with Gasteiger partial charge in [0.25, 0.3) is 5.91 Å². The molecule has 0 spiro atoms. The summed E-state index contributed by atoms with van der Waals surface area (Å²) in [6.45, 7) is 5.16. The molecule has 0 aliphatic rings. The van der Waals surface area contributed by atoms with Gasteiger partial charge in [-0.15, -0.1) is 11.3 Å². The number of hydrogen-bond acceptors (Lipinski definition) is 6. The third-order valence-corrected chi connectivity index (χ3v) is 3.77. The monoisotopic (exact) mass is 294 g/mol. The number of aromatic nitrogens is 1. The second-order valence-electron chi connectivity index (χ2n) is 4.22. The van der Waals surface area contributed by atoms with Gasteiger partial charge in [0.1, 0.15) is 4.88 Å². The van der Waals surface area contributed by atoms with E-state index in [1.165, 1.54) is 18.4 Å². The molecule has 0 aromatic carbocycles. The lowest BCUT2D eigenvalue weighted by molar-refractivity contribution is 0.0607. The van der Waals surface area contributed by atoms with Gasteiger partial charge in [0.05, 0.1) is 18.5 Å². The van der Waals surface area contributed by atoms with Gasteiger partial charge in [-0.3, -0.25) is 4.79 Å². The zero-order chi connectivity index (χ0) is 14.9. The minimum atomic E-state index is -0.483. The molecule has 0 atom stereocenters. The lowest BCUT2D eigenvalue weighted by Crippen LogP contribution is -2.15. The molecule has 20 heavy (non-hydrogen) atoms. The Morgan fingerprint density at radius 2 is 2.05 bits per heavy atom. The molecule has 0 saturated carbocycles. The zero-order valence-corrected chi connectivity index (χ0v) is 12.4. The summed E-state index contributed by atoms with van der Waals surface area (Å²) in [4.78, 5) is 28.2. The number of anilines is 1. The number of nitrogens with one attached hydrogen (secondary N) is 1. The minimum Gasteiger partial charge on any atom is -0.465 e. The molecule has 106 valence electrons. The van der Waals surface area contributed by atoms with Crippen LogP contribution in [0.5, 0.6) is 0 Å². The molecule has 1 amide bonds. The lowest BCUT2D eigenvalue weighted by atomic mass is 10.2. The fourth-order valence-electron chi connectivity index (χ4n) is 1.75. The van der Waals surface area contributed by atoms with Gasteiger partial charge in [-0.05, 0) is 24.8 Å². The first-order chi connectivity index (χ1) is 9.43. The largest absolute Gasteiger partial charge is 0.465 e. The van der Waals surface area contributed by atoms with Crippen molar-refractivity contribution in [3.8, 4) is 0 Å². The van der Waals surface area contributed by atoms with E-state index in [1.807, 2.05) is 0 Å². The van der Waals surface area contributed by atoms with Crippen molar-refractivity contribution in [1.82, 2.24) is 4.98 Å². The Kier molecular flexibility index (Phi) is 3.89. The van der Waals surface area contributed by atoms with Crippen molar-refractivity contribution in [3.05, 3.63) is 33.2 Å². The highest BCUT2D eigenvalue weighted by Gasteiger charge is 2.22. The maximum atomic E-state index is 12.2. The number of esters is 1. The first-order valence-electron chi connectivity index (χ1n) is 5.85. The second-order valence-corrected chi connectivity index (χ2v) is 5.10. The van der Waals surface area contributed by atoms with Crippen LogP contribution in [0.4, 0.5) is 5.69 Å². The number of ether oxygens (including phenoxy) is 1. The quantitative estimate of drug-likeness (QED) is 0.880. The molecule has 0 unspecified atom stereocenters. The molecule has 0 radical (unpaired) electrons. The smallest absolute Gasteiger partial charge is 0.350 e. The van der Waals surface area contributed by atoms with Crippen LogP contribution < -0.4 is 5.32 Å². The summed E-state index contributed by atoms with van der Waals surface area (Å²) in [5.74, 6) is -0.356. The van der Waals surface area contributed by atoms with Crippen LogP contribution in [0.15, 0.2) is 9.80 Å². The number of amides is 1. The molecule has 0 aliphatic carbocycles. The van der Waals surface area contributed by atoms with Crippen molar-refractivity contribution in [2.24, 2.45) is 0 Å². The average Bonchev–Trinajstić information content (AvgIpc) is 2.92. The fraction of sp³-hybridized carbons (Fsp3) is 0.308. The third kappa shape index (κ3) is 2.57. The molecule has 2 aromatic heterocycles. The highest BCUT2D eigenvalue weighted by Crippen LogP contribution is 2.29. The molecule has 2 heterocycles. The van der Waals surface area contributed by atoms with Gasteiger partial charge in [0.2, 0.25) is 5.76 Å². The van der Waals surface area contributed by atoms with Gasteiger partial charge >= 0.3 is 5.97 Å². The van der Waals surface area contributed by atoms with E-state index in [1.54, 1.807) is 26.2 Å². The van der Waals surface area contributed by atoms with Crippen LogP contribution in [0.1, 0.15) is 37.4 Å². The standard InChI is InChI=1S/C13H14N2O4S/c1-6-5-20-11(13(17)18-4)9(6)15-12(16)10-7(2)14-8(3)19-10/h5H,1-4H3,(H,15,16). The van der Waals surface area contributed by atoms with E-state index >= 15 is 0 Å². The Balaban J connectivity index is 2.30.